The van der Waals surface area contributed by atoms with Crippen LogP contribution in [0.3, 0.4) is 0 Å². The number of nitrogens with zero attached hydrogens (tertiary/aromatic N) is 6. The number of anilines is 1. The van der Waals surface area contributed by atoms with E-state index in [1.54, 1.807) is 24.4 Å². The van der Waals surface area contributed by atoms with Crippen LogP contribution in [0.1, 0.15) is 23.0 Å². The number of aromatic nitrogens is 5. The molecule has 0 radical (unpaired) electrons. The molecule has 0 saturated heterocycles. The van der Waals surface area contributed by atoms with E-state index in [4.69, 9.17) is 0 Å². The van der Waals surface area contributed by atoms with Crippen molar-refractivity contribution in [1.29, 1.82) is 0 Å². The molecule has 0 aromatic carbocycles. The van der Waals surface area contributed by atoms with Crippen LogP contribution >= 0.6 is 0 Å². The summed E-state index contributed by atoms with van der Waals surface area (Å²) >= 11 is 0. The van der Waals surface area contributed by atoms with E-state index in [9.17, 15) is 13.6 Å². The Balaban J connectivity index is 2.08. The summed E-state index contributed by atoms with van der Waals surface area (Å²) in [5.41, 5.74) is -0.327. The standard InChI is InChI=1S/C16H14F2N6O/c1-16(17,18)13-12(10-22-24(13)15-20-7-4-8-21-15)14(25)23(2)11-5-3-6-19-9-11/h3-10H,1-2H3. The predicted molar refractivity (Wildman–Crippen MR) is 85.7 cm³/mol. The number of carbonyl (C=O) groups excluding carboxylic acids is 1. The molecule has 0 saturated carbocycles. The Kier molecular flexibility index (Phi) is 4.22. The average molecular weight is 344 g/mol. The summed E-state index contributed by atoms with van der Waals surface area (Å²) in [5.74, 6) is -4.00. The van der Waals surface area contributed by atoms with Gasteiger partial charge in [0, 0.05) is 32.6 Å². The lowest BCUT2D eigenvalue weighted by Gasteiger charge is -2.19. The third kappa shape index (κ3) is 3.21. The Morgan fingerprint density at radius 3 is 2.48 bits per heavy atom. The van der Waals surface area contributed by atoms with E-state index in [1.807, 2.05) is 0 Å². The molecule has 1 amide bonds. The second-order valence-corrected chi connectivity index (χ2v) is 5.33. The van der Waals surface area contributed by atoms with Crippen molar-refractivity contribution in [2.45, 2.75) is 12.8 Å². The number of halogens is 2. The van der Waals surface area contributed by atoms with E-state index in [2.05, 4.69) is 20.1 Å². The molecule has 0 unspecified atom stereocenters. The number of pyridine rings is 1. The molecule has 0 aliphatic heterocycles. The highest BCUT2D eigenvalue weighted by molar-refractivity contribution is 6.06. The number of hydrogen-bond acceptors (Lipinski definition) is 5. The molecule has 0 atom stereocenters. The van der Waals surface area contributed by atoms with Crippen LogP contribution in [0.4, 0.5) is 14.5 Å². The molecule has 128 valence electrons. The van der Waals surface area contributed by atoms with Crippen molar-refractivity contribution in [3.63, 3.8) is 0 Å². The predicted octanol–water partition coefficient (Wildman–Crippen LogP) is 2.45. The summed E-state index contributed by atoms with van der Waals surface area (Å²) in [4.78, 5) is 25.7. The van der Waals surface area contributed by atoms with Crippen LogP contribution in [0.15, 0.2) is 49.2 Å². The normalized spacial score (nSPS) is 11.4. The summed E-state index contributed by atoms with van der Waals surface area (Å²) in [6, 6.07) is 4.86. The van der Waals surface area contributed by atoms with Crippen molar-refractivity contribution in [3.8, 4) is 5.95 Å². The fourth-order valence-electron chi connectivity index (χ4n) is 2.33. The lowest BCUT2D eigenvalue weighted by atomic mass is 10.1. The van der Waals surface area contributed by atoms with Gasteiger partial charge in [0.25, 0.3) is 17.8 Å². The second-order valence-electron chi connectivity index (χ2n) is 5.33. The van der Waals surface area contributed by atoms with Crippen LogP contribution in [0.2, 0.25) is 0 Å². The van der Waals surface area contributed by atoms with Gasteiger partial charge in [0.2, 0.25) is 0 Å². The van der Waals surface area contributed by atoms with Crippen LogP contribution in [0.5, 0.6) is 0 Å². The van der Waals surface area contributed by atoms with Gasteiger partial charge in [-0.05, 0) is 18.2 Å². The van der Waals surface area contributed by atoms with Crippen molar-refractivity contribution in [2.24, 2.45) is 0 Å². The highest BCUT2D eigenvalue weighted by Gasteiger charge is 2.37. The SMILES string of the molecule is CN(C(=O)c1cnn(-c2ncccn2)c1C(C)(F)F)c1cccnc1. The first-order valence-electron chi connectivity index (χ1n) is 7.31. The summed E-state index contributed by atoms with van der Waals surface area (Å²) in [6.07, 6.45) is 6.93. The maximum atomic E-state index is 14.2. The van der Waals surface area contributed by atoms with Gasteiger partial charge in [-0.25, -0.2) is 9.97 Å². The molecule has 7 nitrogen and oxygen atoms in total. The van der Waals surface area contributed by atoms with Gasteiger partial charge in [0.1, 0.15) is 5.69 Å². The van der Waals surface area contributed by atoms with Gasteiger partial charge in [-0.1, -0.05) is 0 Å². The van der Waals surface area contributed by atoms with Gasteiger partial charge in [-0.2, -0.15) is 18.6 Å². The van der Waals surface area contributed by atoms with Crippen molar-refractivity contribution in [1.82, 2.24) is 24.7 Å². The molecule has 25 heavy (non-hydrogen) atoms. The first-order chi connectivity index (χ1) is 11.9. The summed E-state index contributed by atoms with van der Waals surface area (Å²) in [5, 5.41) is 3.90. The van der Waals surface area contributed by atoms with Gasteiger partial charge in [0.05, 0.1) is 23.6 Å². The zero-order valence-electron chi connectivity index (χ0n) is 13.5. The van der Waals surface area contributed by atoms with Crippen LogP contribution in [0.25, 0.3) is 5.95 Å². The number of alkyl halides is 2. The molecule has 3 aromatic heterocycles. The quantitative estimate of drug-likeness (QED) is 0.726. The van der Waals surface area contributed by atoms with E-state index < -0.39 is 17.5 Å². The molecule has 3 aromatic rings. The fraction of sp³-hybridized carbons (Fsp3) is 0.188. The first kappa shape index (κ1) is 16.6. The molecule has 0 spiro atoms. The molecule has 0 aliphatic carbocycles. The van der Waals surface area contributed by atoms with E-state index in [0.29, 0.717) is 12.6 Å². The van der Waals surface area contributed by atoms with Crippen molar-refractivity contribution in [2.75, 3.05) is 11.9 Å². The minimum atomic E-state index is -3.32. The van der Waals surface area contributed by atoms with Gasteiger partial charge in [-0.3, -0.25) is 9.78 Å². The maximum absolute atomic E-state index is 14.2. The van der Waals surface area contributed by atoms with Crippen molar-refractivity contribution < 1.29 is 13.6 Å². The van der Waals surface area contributed by atoms with Gasteiger partial charge in [-0.15, -0.1) is 0 Å². The van der Waals surface area contributed by atoms with Gasteiger partial charge in [0.15, 0.2) is 0 Å². The monoisotopic (exact) mass is 344 g/mol. The number of hydrogen-bond donors (Lipinski definition) is 0. The van der Waals surface area contributed by atoms with Gasteiger partial charge < -0.3 is 4.90 Å². The fourth-order valence-corrected chi connectivity index (χ4v) is 2.33. The lowest BCUT2D eigenvalue weighted by molar-refractivity contribution is 0.00906. The Morgan fingerprint density at radius 2 is 1.88 bits per heavy atom. The lowest BCUT2D eigenvalue weighted by Crippen LogP contribution is -2.29. The highest BCUT2D eigenvalue weighted by Crippen LogP contribution is 2.32. The molecule has 0 aliphatic rings. The first-order valence-corrected chi connectivity index (χ1v) is 7.31. The molecule has 0 bridgehead atoms. The minimum Gasteiger partial charge on any atom is -0.310 e. The van der Waals surface area contributed by atoms with E-state index in [0.717, 1.165) is 10.9 Å². The van der Waals surface area contributed by atoms with Crippen LogP contribution in [0, 0.1) is 0 Å². The van der Waals surface area contributed by atoms with E-state index in [1.165, 1.54) is 30.5 Å². The third-order valence-corrected chi connectivity index (χ3v) is 3.49. The number of carbonyl (C=O) groups is 1. The molecule has 0 fully saturated rings. The largest absolute Gasteiger partial charge is 0.310 e. The minimum absolute atomic E-state index is 0.0397. The summed E-state index contributed by atoms with van der Waals surface area (Å²) in [7, 11) is 1.48. The molecule has 0 N–H and O–H groups in total. The maximum Gasteiger partial charge on any atom is 0.288 e. The van der Waals surface area contributed by atoms with Crippen LogP contribution in [-0.2, 0) is 5.92 Å². The molecule has 3 rings (SSSR count). The van der Waals surface area contributed by atoms with Crippen molar-refractivity contribution in [3.05, 3.63) is 60.4 Å². The average Bonchev–Trinajstić information content (AvgIpc) is 3.07. The molecular weight excluding hydrogens is 330 g/mol. The Hall–Kier alpha value is -3.23. The molecule has 3 heterocycles. The number of rotatable bonds is 4. The summed E-state index contributed by atoms with van der Waals surface area (Å²) < 4.78 is 29.3. The second kappa shape index (κ2) is 6.34. The topological polar surface area (TPSA) is 76.8 Å². The zero-order chi connectivity index (χ0) is 18.0. The highest BCUT2D eigenvalue weighted by atomic mass is 19.3. The molecule has 9 heteroatoms. The third-order valence-electron chi connectivity index (χ3n) is 3.49. The Labute approximate surface area is 142 Å². The van der Waals surface area contributed by atoms with Gasteiger partial charge >= 0.3 is 0 Å². The van der Waals surface area contributed by atoms with E-state index in [-0.39, 0.29) is 11.5 Å². The summed E-state index contributed by atoms with van der Waals surface area (Å²) in [6.45, 7) is 0.699. The Bertz CT molecular complexity index is 877. The Morgan fingerprint density at radius 1 is 1.16 bits per heavy atom. The smallest absolute Gasteiger partial charge is 0.288 e. The van der Waals surface area contributed by atoms with Crippen LogP contribution in [-0.4, -0.2) is 37.7 Å². The number of amides is 1. The van der Waals surface area contributed by atoms with Crippen LogP contribution < -0.4 is 4.90 Å². The van der Waals surface area contributed by atoms with E-state index >= 15 is 0 Å². The molecular formula is C16H14F2N6O. The zero-order valence-corrected chi connectivity index (χ0v) is 13.5. The van der Waals surface area contributed by atoms with Crippen molar-refractivity contribution >= 4 is 11.6 Å².